The standard InChI is InChI=1S/C22H23FN4O3/c1-3-14-4-7-16(8-5-14)30-19-10-15(23)6-9-18(19)26-21-20-13(2)17(22(28)29)11-27(20)25-12-24-21/h3,6,9-12,14,16H,1,4-5,7-8H2,2H3,(H,28,29)(H,24,25,26). The van der Waals surface area contributed by atoms with E-state index in [2.05, 4.69) is 22.0 Å². The predicted octanol–water partition coefficient (Wildman–Crippen LogP) is 4.74. The van der Waals surface area contributed by atoms with E-state index in [1.807, 2.05) is 6.08 Å². The zero-order chi connectivity index (χ0) is 21.3. The third kappa shape index (κ3) is 3.85. The van der Waals surface area contributed by atoms with E-state index in [-0.39, 0.29) is 11.7 Å². The Hall–Kier alpha value is -3.42. The average molecular weight is 410 g/mol. The molecule has 2 heterocycles. The number of anilines is 2. The molecule has 2 aromatic heterocycles. The number of nitrogens with zero attached hydrogens (tertiary/aromatic N) is 3. The molecule has 0 radical (unpaired) electrons. The van der Waals surface area contributed by atoms with E-state index >= 15 is 0 Å². The number of carbonyl (C=O) groups is 1. The maximum atomic E-state index is 14.0. The monoisotopic (exact) mass is 410 g/mol. The molecule has 7 nitrogen and oxygen atoms in total. The number of aryl methyl sites for hydroxylation is 1. The zero-order valence-electron chi connectivity index (χ0n) is 16.6. The summed E-state index contributed by atoms with van der Waals surface area (Å²) in [7, 11) is 0. The first-order valence-corrected chi connectivity index (χ1v) is 9.88. The number of hydrogen-bond acceptors (Lipinski definition) is 5. The van der Waals surface area contributed by atoms with E-state index in [4.69, 9.17) is 4.74 Å². The molecule has 8 heteroatoms. The van der Waals surface area contributed by atoms with Crippen LogP contribution < -0.4 is 10.1 Å². The first-order valence-electron chi connectivity index (χ1n) is 9.88. The summed E-state index contributed by atoms with van der Waals surface area (Å²) in [4.78, 5) is 15.7. The second-order valence-corrected chi connectivity index (χ2v) is 7.53. The van der Waals surface area contributed by atoms with E-state index in [0.29, 0.717) is 34.3 Å². The third-order valence-corrected chi connectivity index (χ3v) is 5.60. The second kappa shape index (κ2) is 8.14. The highest BCUT2D eigenvalue weighted by atomic mass is 19.1. The van der Waals surface area contributed by atoms with Crippen LogP contribution in [-0.4, -0.2) is 31.8 Å². The number of fused-ring (bicyclic) bond motifs is 1. The van der Waals surface area contributed by atoms with Crippen LogP contribution in [0.15, 0.2) is 43.4 Å². The van der Waals surface area contributed by atoms with Gasteiger partial charge < -0.3 is 15.2 Å². The van der Waals surface area contributed by atoms with Gasteiger partial charge in [-0.25, -0.2) is 18.7 Å². The van der Waals surface area contributed by atoms with Crippen molar-refractivity contribution in [2.45, 2.75) is 38.7 Å². The Balaban J connectivity index is 1.64. The number of nitrogens with one attached hydrogen (secondary N) is 1. The van der Waals surface area contributed by atoms with E-state index in [9.17, 15) is 14.3 Å². The van der Waals surface area contributed by atoms with Crippen molar-refractivity contribution in [2.75, 3.05) is 5.32 Å². The molecule has 4 rings (SSSR count). The van der Waals surface area contributed by atoms with Gasteiger partial charge in [0.25, 0.3) is 0 Å². The molecule has 1 aliphatic rings. The van der Waals surface area contributed by atoms with Crippen molar-refractivity contribution in [3.63, 3.8) is 0 Å². The van der Waals surface area contributed by atoms with Gasteiger partial charge >= 0.3 is 5.97 Å². The molecule has 0 saturated heterocycles. The molecule has 0 unspecified atom stereocenters. The van der Waals surface area contributed by atoms with Crippen LogP contribution in [0.3, 0.4) is 0 Å². The lowest BCUT2D eigenvalue weighted by Gasteiger charge is -2.28. The van der Waals surface area contributed by atoms with Gasteiger partial charge in [-0.15, -0.1) is 6.58 Å². The Bertz CT molecular complexity index is 1100. The molecule has 1 fully saturated rings. The van der Waals surface area contributed by atoms with Crippen molar-refractivity contribution in [1.82, 2.24) is 14.6 Å². The number of rotatable bonds is 6. The van der Waals surface area contributed by atoms with E-state index in [1.54, 1.807) is 13.0 Å². The summed E-state index contributed by atoms with van der Waals surface area (Å²) in [5.41, 5.74) is 1.78. The van der Waals surface area contributed by atoms with Crippen LogP contribution in [0.5, 0.6) is 5.75 Å². The first kappa shape index (κ1) is 19.9. The van der Waals surface area contributed by atoms with Crippen LogP contribution >= 0.6 is 0 Å². The lowest BCUT2D eigenvalue weighted by atomic mass is 9.87. The van der Waals surface area contributed by atoms with Gasteiger partial charge in [-0.05, 0) is 56.2 Å². The Morgan fingerprint density at radius 1 is 1.37 bits per heavy atom. The van der Waals surface area contributed by atoms with E-state index < -0.39 is 11.8 Å². The Labute approximate surface area is 173 Å². The predicted molar refractivity (Wildman–Crippen MR) is 111 cm³/mol. The number of ether oxygens (including phenoxy) is 1. The summed E-state index contributed by atoms with van der Waals surface area (Å²) in [6.45, 7) is 5.56. The third-order valence-electron chi connectivity index (χ3n) is 5.60. The maximum Gasteiger partial charge on any atom is 0.337 e. The molecule has 156 valence electrons. The number of halogens is 1. The van der Waals surface area contributed by atoms with Crippen LogP contribution in [0.2, 0.25) is 0 Å². The molecule has 1 aromatic carbocycles. The highest BCUT2D eigenvalue weighted by molar-refractivity contribution is 5.94. The lowest BCUT2D eigenvalue weighted by molar-refractivity contribution is 0.0696. The van der Waals surface area contributed by atoms with Crippen LogP contribution in [0.1, 0.15) is 41.6 Å². The molecular weight excluding hydrogens is 387 g/mol. The molecule has 0 atom stereocenters. The number of carboxylic acid groups (broad SMARTS) is 1. The lowest BCUT2D eigenvalue weighted by Crippen LogP contribution is -2.23. The van der Waals surface area contributed by atoms with Crippen LogP contribution in [0, 0.1) is 18.7 Å². The minimum absolute atomic E-state index is 0.00242. The second-order valence-electron chi connectivity index (χ2n) is 7.53. The number of carboxylic acids is 1. The fourth-order valence-electron chi connectivity index (χ4n) is 3.91. The van der Waals surface area contributed by atoms with Crippen LogP contribution in [0.4, 0.5) is 15.9 Å². The molecule has 0 bridgehead atoms. The smallest absolute Gasteiger partial charge is 0.337 e. The molecule has 2 N–H and O–H groups in total. The summed E-state index contributed by atoms with van der Waals surface area (Å²) in [5.74, 6) is -0.108. The molecular formula is C22H23FN4O3. The first-order chi connectivity index (χ1) is 14.5. The van der Waals surface area contributed by atoms with Crippen molar-refractivity contribution < 1.29 is 19.0 Å². The van der Waals surface area contributed by atoms with Crippen LogP contribution in [0.25, 0.3) is 5.52 Å². The fraction of sp³-hybridized carbons (Fsp3) is 0.318. The van der Waals surface area contributed by atoms with Gasteiger partial charge in [0, 0.05) is 12.3 Å². The van der Waals surface area contributed by atoms with Crippen molar-refractivity contribution in [2.24, 2.45) is 5.92 Å². The summed E-state index contributed by atoms with van der Waals surface area (Å²) >= 11 is 0. The van der Waals surface area contributed by atoms with Crippen molar-refractivity contribution >= 4 is 23.0 Å². The summed E-state index contributed by atoms with van der Waals surface area (Å²) in [5, 5.41) is 16.7. The molecule has 1 saturated carbocycles. The highest BCUT2D eigenvalue weighted by Crippen LogP contribution is 2.34. The zero-order valence-corrected chi connectivity index (χ0v) is 16.6. The van der Waals surface area contributed by atoms with Gasteiger partial charge in [-0.2, -0.15) is 5.10 Å². The minimum atomic E-state index is -1.04. The van der Waals surface area contributed by atoms with Crippen molar-refractivity contribution in [3.8, 4) is 5.75 Å². The SMILES string of the molecule is C=CC1CCC(Oc2cc(F)ccc2Nc2ncnn3cc(C(=O)O)c(C)c23)CC1. The van der Waals surface area contributed by atoms with Gasteiger partial charge in [-0.3, -0.25) is 0 Å². The summed E-state index contributed by atoms with van der Waals surface area (Å²) < 4.78 is 21.6. The summed E-state index contributed by atoms with van der Waals surface area (Å²) in [6, 6.07) is 4.29. The van der Waals surface area contributed by atoms with Gasteiger partial charge in [0.1, 0.15) is 23.4 Å². The summed E-state index contributed by atoms with van der Waals surface area (Å²) in [6.07, 6.45) is 8.52. The highest BCUT2D eigenvalue weighted by Gasteiger charge is 2.22. The maximum absolute atomic E-state index is 14.0. The van der Waals surface area contributed by atoms with Gasteiger partial charge in [0.15, 0.2) is 5.82 Å². The Morgan fingerprint density at radius 2 is 2.13 bits per heavy atom. The largest absolute Gasteiger partial charge is 0.488 e. The molecule has 0 spiro atoms. The number of aromatic nitrogens is 3. The normalized spacial score (nSPS) is 18.9. The van der Waals surface area contributed by atoms with Crippen LogP contribution in [-0.2, 0) is 0 Å². The molecule has 1 aliphatic carbocycles. The van der Waals surface area contributed by atoms with Gasteiger partial charge in [0.05, 0.1) is 17.4 Å². The van der Waals surface area contributed by atoms with Gasteiger partial charge in [0.2, 0.25) is 0 Å². The molecule has 30 heavy (non-hydrogen) atoms. The average Bonchev–Trinajstić information content (AvgIpc) is 3.08. The molecule has 3 aromatic rings. The van der Waals surface area contributed by atoms with E-state index in [1.165, 1.54) is 29.2 Å². The number of aromatic carboxylic acids is 1. The van der Waals surface area contributed by atoms with Gasteiger partial charge in [-0.1, -0.05) is 6.08 Å². The number of hydrogen-bond donors (Lipinski definition) is 2. The Morgan fingerprint density at radius 3 is 2.83 bits per heavy atom. The number of allylic oxidation sites excluding steroid dienone is 1. The topological polar surface area (TPSA) is 88.8 Å². The molecule has 0 amide bonds. The quantitative estimate of drug-likeness (QED) is 0.571. The van der Waals surface area contributed by atoms with Crippen molar-refractivity contribution in [1.29, 1.82) is 0 Å². The van der Waals surface area contributed by atoms with E-state index in [0.717, 1.165) is 25.7 Å². The van der Waals surface area contributed by atoms with Crippen molar-refractivity contribution in [3.05, 3.63) is 60.3 Å². The number of benzene rings is 1. The molecule has 0 aliphatic heterocycles. The Kier molecular flexibility index (Phi) is 5.39. The fourth-order valence-corrected chi connectivity index (χ4v) is 3.91. The minimum Gasteiger partial charge on any atom is -0.488 e.